The number of carboxylic acids is 2. The summed E-state index contributed by atoms with van der Waals surface area (Å²) in [5, 5.41) is 23.4. The molecule has 0 saturated carbocycles. The van der Waals surface area contributed by atoms with E-state index in [4.69, 9.17) is 10.2 Å². The molecule has 1 aromatic carbocycles. The first-order chi connectivity index (χ1) is 9.47. The lowest BCUT2D eigenvalue weighted by Crippen LogP contribution is -2.37. The molecule has 0 bridgehead atoms. The predicted octanol–water partition coefficient (Wildman–Crippen LogP) is 0.684. The Morgan fingerprint density at radius 1 is 1.15 bits per heavy atom. The third kappa shape index (κ3) is 3.28. The van der Waals surface area contributed by atoms with Crippen molar-refractivity contribution in [2.24, 2.45) is 0 Å². The second-order valence-electron chi connectivity index (χ2n) is 4.17. The van der Waals surface area contributed by atoms with E-state index in [9.17, 15) is 14.4 Å². The number of anilines is 1. The zero-order valence-electron chi connectivity index (χ0n) is 10.3. The van der Waals surface area contributed by atoms with Crippen LogP contribution in [0.3, 0.4) is 0 Å². The normalized spacial score (nSPS) is 17.7. The van der Waals surface area contributed by atoms with Crippen LogP contribution in [0.15, 0.2) is 18.2 Å². The van der Waals surface area contributed by atoms with Gasteiger partial charge >= 0.3 is 11.9 Å². The van der Waals surface area contributed by atoms with Crippen LogP contribution in [0.2, 0.25) is 0 Å². The van der Waals surface area contributed by atoms with Crippen LogP contribution < -0.4 is 10.6 Å². The molecule has 1 saturated heterocycles. The largest absolute Gasteiger partial charge is 0.478 e. The predicted molar refractivity (Wildman–Crippen MR) is 73.2 cm³/mol. The maximum absolute atomic E-state index is 11.9. The number of amides is 1. The van der Waals surface area contributed by atoms with Gasteiger partial charge in [0.2, 0.25) is 5.91 Å². The van der Waals surface area contributed by atoms with Gasteiger partial charge in [-0.25, -0.2) is 9.59 Å². The molecule has 1 fully saturated rings. The number of aromatic carboxylic acids is 2. The topological polar surface area (TPSA) is 116 Å². The highest BCUT2D eigenvalue weighted by Gasteiger charge is 2.23. The van der Waals surface area contributed by atoms with E-state index < -0.39 is 11.9 Å². The summed E-state index contributed by atoms with van der Waals surface area (Å²) in [5.74, 6) is -1.52. The number of carbonyl (C=O) groups excluding carboxylic acids is 1. The molecule has 1 aliphatic rings. The molecule has 1 amide bonds. The highest BCUT2D eigenvalue weighted by molar-refractivity contribution is 7.99. The first-order valence-corrected chi connectivity index (χ1v) is 6.86. The van der Waals surface area contributed by atoms with Gasteiger partial charge in [-0.05, 0) is 18.2 Å². The van der Waals surface area contributed by atoms with Gasteiger partial charge in [-0.1, -0.05) is 0 Å². The van der Waals surface area contributed by atoms with Gasteiger partial charge in [-0.2, -0.15) is 0 Å². The number of hydrogen-bond donors (Lipinski definition) is 4. The van der Waals surface area contributed by atoms with Crippen molar-refractivity contribution in [3.8, 4) is 0 Å². The van der Waals surface area contributed by atoms with Crippen molar-refractivity contribution in [1.29, 1.82) is 0 Å². The molecular formula is C12H12N2O5S. The summed E-state index contributed by atoms with van der Waals surface area (Å²) in [7, 11) is 0. The lowest BCUT2D eigenvalue weighted by atomic mass is 10.1. The number of nitrogens with one attached hydrogen (secondary N) is 2. The Hall–Kier alpha value is -2.06. The van der Waals surface area contributed by atoms with E-state index >= 15 is 0 Å². The number of carbonyl (C=O) groups is 3. The number of hydrogen-bond acceptors (Lipinski definition) is 5. The minimum atomic E-state index is -1.25. The maximum Gasteiger partial charge on any atom is 0.335 e. The Labute approximate surface area is 118 Å². The number of rotatable bonds is 4. The molecule has 1 unspecified atom stereocenters. The Morgan fingerprint density at radius 3 is 2.20 bits per heavy atom. The lowest BCUT2D eigenvalue weighted by Gasteiger charge is -2.11. The van der Waals surface area contributed by atoms with E-state index in [1.165, 1.54) is 12.1 Å². The maximum atomic E-state index is 11.9. The van der Waals surface area contributed by atoms with Crippen LogP contribution in [0.1, 0.15) is 20.7 Å². The van der Waals surface area contributed by atoms with Crippen LogP contribution in [0.4, 0.5) is 5.69 Å². The Kier molecular flexibility index (Phi) is 4.26. The Balaban J connectivity index is 2.23. The Morgan fingerprint density at radius 2 is 1.75 bits per heavy atom. The molecule has 0 aliphatic carbocycles. The third-order valence-electron chi connectivity index (χ3n) is 2.73. The van der Waals surface area contributed by atoms with E-state index in [0.29, 0.717) is 11.6 Å². The average Bonchev–Trinajstić information content (AvgIpc) is 2.92. The van der Waals surface area contributed by atoms with Crippen molar-refractivity contribution in [3.63, 3.8) is 0 Å². The first-order valence-electron chi connectivity index (χ1n) is 5.71. The van der Waals surface area contributed by atoms with E-state index in [0.717, 1.165) is 6.07 Å². The van der Waals surface area contributed by atoms with Crippen LogP contribution in [0.25, 0.3) is 0 Å². The Bertz CT molecular complexity index is 537. The quantitative estimate of drug-likeness (QED) is 0.645. The van der Waals surface area contributed by atoms with Crippen LogP contribution >= 0.6 is 11.8 Å². The second-order valence-corrected chi connectivity index (χ2v) is 5.20. The zero-order chi connectivity index (χ0) is 14.7. The molecule has 1 aliphatic heterocycles. The minimum absolute atomic E-state index is 0.158. The van der Waals surface area contributed by atoms with Crippen molar-refractivity contribution in [1.82, 2.24) is 5.32 Å². The van der Waals surface area contributed by atoms with Crippen LogP contribution in [0, 0.1) is 0 Å². The summed E-state index contributed by atoms with van der Waals surface area (Å²) in [6.07, 6.45) is 0. The fourth-order valence-electron chi connectivity index (χ4n) is 1.74. The third-order valence-corrected chi connectivity index (χ3v) is 3.67. The smallest absolute Gasteiger partial charge is 0.335 e. The molecule has 7 nitrogen and oxygen atoms in total. The molecule has 4 N–H and O–H groups in total. The van der Waals surface area contributed by atoms with Gasteiger partial charge in [-0.3, -0.25) is 10.1 Å². The molecule has 20 heavy (non-hydrogen) atoms. The molecule has 1 atom stereocenters. The minimum Gasteiger partial charge on any atom is -0.478 e. The molecule has 1 aromatic rings. The first kappa shape index (κ1) is 14.4. The SMILES string of the molecule is O=C(O)c1cc(NC(=O)C2CSCN2)cc(C(=O)O)c1. The number of carboxylic acid groups (broad SMARTS) is 2. The highest BCUT2D eigenvalue weighted by Crippen LogP contribution is 2.17. The summed E-state index contributed by atoms with van der Waals surface area (Å²) in [4.78, 5) is 33.8. The fourth-order valence-corrected chi connectivity index (χ4v) is 2.68. The van der Waals surface area contributed by atoms with E-state index in [1.807, 2.05) is 0 Å². The van der Waals surface area contributed by atoms with Gasteiger partial charge in [0.25, 0.3) is 0 Å². The molecule has 0 aromatic heterocycles. The summed E-state index contributed by atoms with van der Waals surface area (Å²) in [6, 6.07) is 3.15. The second kappa shape index (κ2) is 5.93. The van der Waals surface area contributed by atoms with Gasteiger partial charge in [-0.15, -0.1) is 11.8 Å². The van der Waals surface area contributed by atoms with E-state index in [1.54, 1.807) is 11.8 Å². The standard InChI is InChI=1S/C12H12N2O5S/c15-10(9-4-20-5-13-9)14-8-2-6(11(16)17)1-7(3-8)12(18)19/h1-3,9,13H,4-5H2,(H,14,15)(H,16,17)(H,18,19). The lowest BCUT2D eigenvalue weighted by molar-refractivity contribution is -0.117. The van der Waals surface area contributed by atoms with Gasteiger partial charge in [0.15, 0.2) is 0 Å². The molecule has 2 rings (SSSR count). The van der Waals surface area contributed by atoms with Crippen LogP contribution in [0.5, 0.6) is 0 Å². The summed E-state index contributed by atoms with van der Waals surface area (Å²) in [5.41, 5.74) is -0.214. The van der Waals surface area contributed by atoms with Crippen molar-refractivity contribution >= 4 is 35.3 Å². The number of benzene rings is 1. The van der Waals surface area contributed by atoms with Crippen molar-refractivity contribution < 1.29 is 24.6 Å². The highest BCUT2D eigenvalue weighted by atomic mass is 32.2. The molecule has 8 heteroatoms. The van der Waals surface area contributed by atoms with Gasteiger partial charge < -0.3 is 15.5 Å². The molecule has 0 radical (unpaired) electrons. The van der Waals surface area contributed by atoms with Gasteiger partial charge in [0.05, 0.1) is 17.2 Å². The summed E-state index contributed by atoms with van der Waals surface area (Å²) < 4.78 is 0. The van der Waals surface area contributed by atoms with Crippen LogP contribution in [-0.2, 0) is 4.79 Å². The molecule has 0 spiro atoms. The molecule has 1 heterocycles. The zero-order valence-corrected chi connectivity index (χ0v) is 11.1. The van der Waals surface area contributed by atoms with Crippen molar-refractivity contribution in [3.05, 3.63) is 29.3 Å². The van der Waals surface area contributed by atoms with Crippen LogP contribution in [-0.4, -0.2) is 45.7 Å². The van der Waals surface area contributed by atoms with Gasteiger partial charge in [0, 0.05) is 17.3 Å². The van der Waals surface area contributed by atoms with Crippen molar-refractivity contribution in [2.45, 2.75) is 6.04 Å². The monoisotopic (exact) mass is 296 g/mol. The van der Waals surface area contributed by atoms with E-state index in [-0.39, 0.29) is 28.8 Å². The summed E-state index contributed by atoms with van der Waals surface area (Å²) in [6.45, 7) is 0. The van der Waals surface area contributed by atoms with Gasteiger partial charge in [0.1, 0.15) is 0 Å². The number of thioether (sulfide) groups is 1. The summed E-state index contributed by atoms with van der Waals surface area (Å²) >= 11 is 1.58. The molecular weight excluding hydrogens is 284 g/mol. The van der Waals surface area contributed by atoms with E-state index in [2.05, 4.69) is 10.6 Å². The fraction of sp³-hybridized carbons (Fsp3) is 0.250. The van der Waals surface area contributed by atoms with Crippen molar-refractivity contribution in [2.75, 3.05) is 16.9 Å². The average molecular weight is 296 g/mol. The molecule has 106 valence electrons.